The van der Waals surface area contributed by atoms with Crippen molar-refractivity contribution in [3.05, 3.63) is 29.5 Å². The third-order valence-electron chi connectivity index (χ3n) is 3.44. The number of nitrogen functional groups attached to an aromatic ring is 1. The van der Waals surface area contributed by atoms with Crippen LogP contribution >= 0.6 is 0 Å². The van der Waals surface area contributed by atoms with Gasteiger partial charge in [-0.15, -0.1) is 0 Å². The van der Waals surface area contributed by atoms with Crippen molar-refractivity contribution in [1.82, 2.24) is 9.97 Å². The van der Waals surface area contributed by atoms with Crippen LogP contribution in [0.3, 0.4) is 0 Å². The summed E-state index contributed by atoms with van der Waals surface area (Å²) in [5.74, 6) is 2.06. The number of aromatic nitrogens is 2. The van der Waals surface area contributed by atoms with Crippen molar-refractivity contribution in [3.8, 4) is 17.2 Å². The van der Waals surface area contributed by atoms with Crippen molar-refractivity contribution in [1.29, 1.82) is 0 Å². The Hall–Kier alpha value is -2.83. The predicted molar refractivity (Wildman–Crippen MR) is 92.6 cm³/mol. The molecule has 7 nitrogen and oxygen atoms in total. The SMILES string of the molecule is COc1cc(C(C)C)c(Oc2cnc(NC(C)=O)nc2N)cc1C. The van der Waals surface area contributed by atoms with Crippen molar-refractivity contribution in [2.24, 2.45) is 0 Å². The van der Waals surface area contributed by atoms with Gasteiger partial charge >= 0.3 is 0 Å². The van der Waals surface area contributed by atoms with Gasteiger partial charge in [-0.3, -0.25) is 10.1 Å². The van der Waals surface area contributed by atoms with E-state index in [1.54, 1.807) is 7.11 Å². The first kappa shape index (κ1) is 17.5. The van der Waals surface area contributed by atoms with Crippen molar-refractivity contribution < 1.29 is 14.3 Å². The molecule has 0 fully saturated rings. The van der Waals surface area contributed by atoms with Gasteiger partial charge in [-0.2, -0.15) is 4.98 Å². The summed E-state index contributed by atoms with van der Waals surface area (Å²) in [6.07, 6.45) is 1.44. The minimum absolute atomic E-state index is 0.141. The van der Waals surface area contributed by atoms with Gasteiger partial charge in [0.2, 0.25) is 11.9 Å². The van der Waals surface area contributed by atoms with Gasteiger partial charge in [-0.05, 0) is 30.5 Å². The second-order valence-electron chi connectivity index (χ2n) is 5.74. The molecule has 0 aliphatic carbocycles. The third kappa shape index (κ3) is 3.92. The van der Waals surface area contributed by atoms with E-state index >= 15 is 0 Å². The van der Waals surface area contributed by atoms with Crippen LogP contribution in [0.1, 0.15) is 37.8 Å². The summed E-state index contributed by atoms with van der Waals surface area (Å²) in [5.41, 5.74) is 7.85. The molecule has 2 aromatic rings. The molecule has 0 aliphatic heterocycles. The number of nitrogens with two attached hydrogens (primary N) is 1. The summed E-state index contributed by atoms with van der Waals surface area (Å²) >= 11 is 0. The highest BCUT2D eigenvalue weighted by molar-refractivity contribution is 5.86. The Balaban J connectivity index is 2.37. The minimum Gasteiger partial charge on any atom is -0.496 e. The molecule has 1 amide bonds. The summed E-state index contributed by atoms with van der Waals surface area (Å²) in [4.78, 5) is 19.1. The van der Waals surface area contributed by atoms with Crippen molar-refractivity contribution >= 4 is 17.7 Å². The number of ether oxygens (including phenoxy) is 2. The monoisotopic (exact) mass is 330 g/mol. The number of benzene rings is 1. The predicted octanol–water partition coefficient (Wildman–Crippen LogP) is 3.25. The number of rotatable bonds is 5. The molecular weight excluding hydrogens is 308 g/mol. The standard InChI is InChI=1S/C17H22N4O3/c1-9(2)12-7-13(23-5)10(3)6-14(12)24-15-8-19-17(20-11(4)22)21-16(15)18/h6-9H,1-5H3,(H3,18,19,20,21,22). The number of methoxy groups -OCH3 is 1. The number of nitrogens with zero attached hydrogens (tertiary/aromatic N) is 2. The van der Waals surface area contributed by atoms with E-state index in [-0.39, 0.29) is 23.6 Å². The first-order valence-corrected chi connectivity index (χ1v) is 7.58. The molecule has 24 heavy (non-hydrogen) atoms. The second kappa shape index (κ2) is 7.16. The number of aryl methyl sites for hydroxylation is 1. The maximum Gasteiger partial charge on any atom is 0.231 e. The molecule has 0 radical (unpaired) electrons. The Bertz CT molecular complexity index is 760. The zero-order chi connectivity index (χ0) is 17.9. The van der Waals surface area contributed by atoms with Crippen molar-refractivity contribution in [3.63, 3.8) is 0 Å². The number of hydrogen-bond donors (Lipinski definition) is 2. The lowest BCUT2D eigenvalue weighted by Gasteiger charge is -2.17. The van der Waals surface area contributed by atoms with Gasteiger partial charge in [0, 0.05) is 12.5 Å². The third-order valence-corrected chi connectivity index (χ3v) is 3.44. The van der Waals surface area contributed by atoms with Crippen LogP contribution in [-0.4, -0.2) is 23.0 Å². The van der Waals surface area contributed by atoms with Crippen molar-refractivity contribution in [2.75, 3.05) is 18.2 Å². The average Bonchev–Trinajstić information content (AvgIpc) is 2.49. The smallest absolute Gasteiger partial charge is 0.231 e. The highest BCUT2D eigenvalue weighted by atomic mass is 16.5. The van der Waals surface area contributed by atoms with E-state index in [9.17, 15) is 4.79 Å². The Morgan fingerprint density at radius 1 is 1.25 bits per heavy atom. The van der Waals surface area contributed by atoms with Crippen LogP contribution in [0.2, 0.25) is 0 Å². The number of anilines is 2. The van der Waals surface area contributed by atoms with E-state index in [0.29, 0.717) is 11.5 Å². The minimum atomic E-state index is -0.268. The van der Waals surface area contributed by atoms with Gasteiger partial charge in [0.25, 0.3) is 0 Å². The number of amides is 1. The van der Waals surface area contributed by atoms with Gasteiger partial charge in [0.15, 0.2) is 11.6 Å². The number of nitrogens with one attached hydrogen (secondary N) is 1. The molecule has 3 N–H and O–H groups in total. The largest absolute Gasteiger partial charge is 0.496 e. The molecule has 0 aliphatic rings. The summed E-state index contributed by atoms with van der Waals surface area (Å²) < 4.78 is 11.3. The zero-order valence-corrected chi connectivity index (χ0v) is 14.5. The number of carbonyl (C=O) groups is 1. The Labute approximate surface area is 141 Å². The molecule has 0 bridgehead atoms. The molecule has 0 saturated carbocycles. The maximum atomic E-state index is 11.0. The fourth-order valence-electron chi connectivity index (χ4n) is 2.24. The maximum absolute atomic E-state index is 11.0. The van der Waals surface area contributed by atoms with Gasteiger partial charge in [0.1, 0.15) is 11.5 Å². The molecule has 1 aromatic heterocycles. The Morgan fingerprint density at radius 3 is 2.50 bits per heavy atom. The summed E-state index contributed by atoms with van der Waals surface area (Å²) in [7, 11) is 1.64. The molecule has 0 unspecified atom stereocenters. The van der Waals surface area contributed by atoms with Crippen molar-refractivity contribution in [2.45, 2.75) is 33.6 Å². The topological polar surface area (TPSA) is 99.4 Å². The van der Waals surface area contributed by atoms with Gasteiger partial charge in [0.05, 0.1) is 13.3 Å². The fourth-order valence-corrected chi connectivity index (χ4v) is 2.24. The summed E-state index contributed by atoms with van der Waals surface area (Å²) in [6.45, 7) is 7.45. The molecule has 0 spiro atoms. The van der Waals surface area contributed by atoms with Gasteiger partial charge in [-0.1, -0.05) is 13.8 Å². The van der Waals surface area contributed by atoms with Crippen LogP contribution in [0.15, 0.2) is 18.3 Å². The van der Waals surface area contributed by atoms with Crippen LogP contribution in [-0.2, 0) is 4.79 Å². The lowest BCUT2D eigenvalue weighted by molar-refractivity contribution is -0.114. The molecule has 2 rings (SSSR count). The van der Waals surface area contributed by atoms with Crippen LogP contribution < -0.4 is 20.5 Å². The molecule has 1 aromatic carbocycles. The highest BCUT2D eigenvalue weighted by Crippen LogP contribution is 2.37. The molecule has 7 heteroatoms. The quantitative estimate of drug-likeness (QED) is 0.873. The number of carbonyl (C=O) groups excluding carboxylic acids is 1. The lowest BCUT2D eigenvalue weighted by Crippen LogP contribution is -2.10. The first-order valence-electron chi connectivity index (χ1n) is 7.58. The molecule has 0 saturated heterocycles. The van der Waals surface area contributed by atoms with E-state index in [1.165, 1.54) is 13.1 Å². The molecular formula is C17H22N4O3. The lowest BCUT2D eigenvalue weighted by atomic mass is 10.00. The van der Waals surface area contributed by atoms with Crippen LogP contribution in [0.25, 0.3) is 0 Å². The van der Waals surface area contributed by atoms with E-state index < -0.39 is 0 Å². The zero-order valence-electron chi connectivity index (χ0n) is 14.5. The Kier molecular flexibility index (Phi) is 5.23. The highest BCUT2D eigenvalue weighted by Gasteiger charge is 2.15. The van der Waals surface area contributed by atoms with Crippen LogP contribution in [0, 0.1) is 6.92 Å². The van der Waals surface area contributed by atoms with E-state index in [1.807, 2.05) is 19.1 Å². The second-order valence-corrected chi connectivity index (χ2v) is 5.74. The van der Waals surface area contributed by atoms with Crippen LogP contribution in [0.4, 0.5) is 11.8 Å². The van der Waals surface area contributed by atoms with Gasteiger partial charge in [-0.25, -0.2) is 4.98 Å². The first-order chi connectivity index (χ1) is 11.3. The van der Waals surface area contributed by atoms with E-state index in [2.05, 4.69) is 29.1 Å². The van der Waals surface area contributed by atoms with Crippen LogP contribution in [0.5, 0.6) is 17.2 Å². The fraction of sp³-hybridized carbons (Fsp3) is 0.353. The average molecular weight is 330 g/mol. The normalized spacial score (nSPS) is 10.6. The molecule has 128 valence electrons. The van der Waals surface area contributed by atoms with Gasteiger partial charge < -0.3 is 15.2 Å². The molecule has 0 atom stereocenters. The summed E-state index contributed by atoms with van der Waals surface area (Å²) in [6, 6.07) is 3.85. The summed E-state index contributed by atoms with van der Waals surface area (Å²) in [5, 5.41) is 2.48. The van der Waals surface area contributed by atoms with E-state index in [4.69, 9.17) is 15.2 Å². The van der Waals surface area contributed by atoms with E-state index in [0.717, 1.165) is 16.9 Å². The Morgan fingerprint density at radius 2 is 1.96 bits per heavy atom. The molecule has 1 heterocycles. The number of hydrogen-bond acceptors (Lipinski definition) is 6.